The van der Waals surface area contributed by atoms with Crippen molar-refractivity contribution < 1.29 is 9.16 Å². The fourth-order valence-corrected chi connectivity index (χ4v) is 4.07. The minimum atomic E-state index is -1.69. The second-order valence-electron chi connectivity index (χ2n) is 7.30. The van der Waals surface area contributed by atoms with E-state index in [-0.39, 0.29) is 5.04 Å². The highest BCUT2D eigenvalue weighted by atomic mass is 127. The maximum Gasteiger partial charge on any atom is 0.192 e. The summed E-state index contributed by atoms with van der Waals surface area (Å²) < 4.78 is 13.5. The summed E-state index contributed by atoms with van der Waals surface area (Å²) in [7, 11) is -1.69. The molecule has 0 radical (unpaired) electrons. The number of rotatable bonds is 9. The summed E-state index contributed by atoms with van der Waals surface area (Å²) in [6.45, 7) is 13.0. The Kier molecular flexibility index (Phi) is 8.60. The van der Waals surface area contributed by atoms with Crippen LogP contribution in [0.1, 0.15) is 39.2 Å². The molecule has 0 bridgehead atoms. The fourth-order valence-electron chi connectivity index (χ4n) is 1.96. The van der Waals surface area contributed by atoms with E-state index in [4.69, 9.17) is 9.16 Å². The molecule has 126 valence electrons. The molecule has 1 rings (SSSR count). The van der Waals surface area contributed by atoms with Crippen LogP contribution in [0.3, 0.4) is 0 Å². The van der Waals surface area contributed by atoms with Crippen LogP contribution in [-0.2, 0) is 15.8 Å². The quantitative estimate of drug-likeness (QED) is 0.211. The van der Waals surface area contributed by atoms with E-state index in [1.54, 1.807) is 0 Å². The molecule has 0 N–H and O–H groups in total. The number of hydrogen-bond acceptors (Lipinski definition) is 2. The lowest BCUT2D eigenvalue weighted by molar-refractivity contribution is 0.0766. The lowest BCUT2D eigenvalue weighted by atomic mass is 10.2. The van der Waals surface area contributed by atoms with E-state index in [2.05, 4.69) is 80.7 Å². The molecule has 0 fully saturated rings. The van der Waals surface area contributed by atoms with Gasteiger partial charge in [-0.3, -0.25) is 0 Å². The van der Waals surface area contributed by atoms with Gasteiger partial charge in [0.25, 0.3) is 0 Å². The van der Waals surface area contributed by atoms with Crippen molar-refractivity contribution in [2.24, 2.45) is 0 Å². The Morgan fingerprint density at radius 2 is 1.73 bits per heavy atom. The van der Waals surface area contributed by atoms with Gasteiger partial charge in [0.2, 0.25) is 0 Å². The van der Waals surface area contributed by atoms with Gasteiger partial charge in [-0.05, 0) is 36.5 Å². The Balaban J connectivity index is 2.41. The van der Waals surface area contributed by atoms with E-state index >= 15 is 0 Å². The van der Waals surface area contributed by atoms with Gasteiger partial charge in [-0.15, -0.1) is 0 Å². The summed E-state index contributed by atoms with van der Waals surface area (Å²) in [5.74, 6) is 0. The smallest absolute Gasteiger partial charge is 0.192 e. The molecular weight excluding hydrogens is 403 g/mol. The standard InChI is InChI=1S/C18H31IO2Si/c1-18(2,3)22(4,5)21-17(11-13-19)12-14-20-15-16-9-7-6-8-10-16/h6-10,17H,11-15H2,1-5H3/t17-/m0/s1. The summed E-state index contributed by atoms with van der Waals surface area (Å²) in [6, 6.07) is 10.4. The first-order valence-corrected chi connectivity index (χ1v) is 12.5. The molecule has 0 aliphatic heterocycles. The van der Waals surface area contributed by atoms with Crippen molar-refractivity contribution in [3.63, 3.8) is 0 Å². The van der Waals surface area contributed by atoms with Crippen LogP contribution in [0, 0.1) is 0 Å². The van der Waals surface area contributed by atoms with Crippen molar-refractivity contribution in [1.82, 2.24) is 0 Å². The second kappa shape index (κ2) is 9.40. The molecule has 0 amide bonds. The zero-order valence-corrected chi connectivity index (χ0v) is 17.9. The van der Waals surface area contributed by atoms with Crippen molar-refractivity contribution in [3.05, 3.63) is 35.9 Å². The second-order valence-corrected chi connectivity index (χ2v) is 13.1. The van der Waals surface area contributed by atoms with Crippen molar-refractivity contribution in [2.45, 2.75) is 64.5 Å². The first kappa shape index (κ1) is 20.1. The van der Waals surface area contributed by atoms with Crippen LogP contribution in [0.15, 0.2) is 30.3 Å². The largest absolute Gasteiger partial charge is 0.414 e. The molecule has 0 spiro atoms. The van der Waals surface area contributed by atoms with Crippen LogP contribution in [0.2, 0.25) is 18.1 Å². The van der Waals surface area contributed by atoms with E-state index in [1.807, 2.05) is 6.07 Å². The zero-order valence-electron chi connectivity index (χ0n) is 14.7. The van der Waals surface area contributed by atoms with Crippen LogP contribution < -0.4 is 0 Å². The highest BCUT2D eigenvalue weighted by Crippen LogP contribution is 2.38. The summed E-state index contributed by atoms with van der Waals surface area (Å²) in [5.41, 5.74) is 1.23. The molecule has 22 heavy (non-hydrogen) atoms. The molecule has 0 aliphatic carbocycles. The van der Waals surface area contributed by atoms with Gasteiger partial charge in [0.05, 0.1) is 6.61 Å². The molecule has 0 aromatic heterocycles. The lowest BCUT2D eigenvalue weighted by Gasteiger charge is -2.39. The summed E-state index contributed by atoms with van der Waals surface area (Å²) in [6.07, 6.45) is 2.43. The molecule has 4 heteroatoms. The van der Waals surface area contributed by atoms with Gasteiger partial charge in [-0.2, -0.15) is 0 Å². The minimum absolute atomic E-state index is 0.265. The van der Waals surface area contributed by atoms with Gasteiger partial charge in [0, 0.05) is 17.1 Å². The molecule has 0 saturated carbocycles. The Hall–Kier alpha value is 0.0869. The van der Waals surface area contributed by atoms with E-state index in [0.717, 1.165) is 23.9 Å². The molecule has 1 aromatic rings. The molecular formula is C18H31IO2Si. The first-order valence-electron chi connectivity index (χ1n) is 8.12. The number of halogens is 1. The monoisotopic (exact) mass is 434 g/mol. The molecule has 1 aromatic carbocycles. The zero-order chi connectivity index (χ0) is 16.6. The first-order chi connectivity index (χ1) is 10.3. The Morgan fingerprint density at radius 3 is 2.27 bits per heavy atom. The maximum atomic E-state index is 6.55. The van der Waals surface area contributed by atoms with Gasteiger partial charge in [0.1, 0.15) is 0 Å². The Bertz CT molecular complexity index is 415. The predicted molar refractivity (Wildman–Crippen MR) is 106 cm³/mol. The Morgan fingerprint density at radius 1 is 1.09 bits per heavy atom. The van der Waals surface area contributed by atoms with Gasteiger partial charge < -0.3 is 9.16 Å². The van der Waals surface area contributed by atoms with Gasteiger partial charge in [-0.25, -0.2) is 0 Å². The van der Waals surface area contributed by atoms with Gasteiger partial charge >= 0.3 is 0 Å². The molecule has 0 heterocycles. The topological polar surface area (TPSA) is 18.5 Å². The van der Waals surface area contributed by atoms with E-state index in [0.29, 0.717) is 12.7 Å². The van der Waals surface area contributed by atoms with Crippen molar-refractivity contribution in [3.8, 4) is 0 Å². The molecule has 2 nitrogen and oxygen atoms in total. The fraction of sp³-hybridized carbons (Fsp3) is 0.667. The lowest BCUT2D eigenvalue weighted by Crippen LogP contribution is -2.44. The summed E-state index contributed by atoms with van der Waals surface area (Å²) in [4.78, 5) is 0. The number of ether oxygens (including phenoxy) is 1. The molecule has 0 aliphatic rings. The van der Waals surface area contributed by atoms with Crippen molar-refractivity contribution in [1.29, 1.82) is 0 Å². The minimum Gasteiger partial charge on any atom is -0.414 e. The van der Waals surface area contributed by atoms with E-state index in [9.17, 15) is 0 Å². The number of alkyl halides is 1. The third-order valence-corrected chi connectivity index (χ3v) is 9.55. The SMILES string of the molecule is CC(C)(C)[Si](C)(C)O[C@@H](CCI)CCOCc1ccccc1. The van der Waals surface area contributed by atoms with Gasteiger partial charge in [-0.1, -0.05) is 73.7 Å². The van der Waals surface area contributed by atoms with Crippen LogP contribution in [0.25, 0.3) is 0 Å². The van der Waals surface area contributed by atoms with Crippen LogP contribution in [0.5, 0.6) is 0 Å². The summed E-state index contributed by atoms with van der Waals surface area (Å²) >= 11 is 2.44. The third-order valence-electron chi connectivity index (χ3n) is 4.39. The predicted octanol–water partition coefficient (Wildman–Crippen LogP) is 5.81. The number of benzene rings is 1. The third kappa shape index (κ3) is 7.11. The maximum absolute atomic E-state index is 6.55. The van der Waals surface area contributed by atoms with E-state index < -0.39 is 8.32 Å². The summed E-state index contributed by atoms with van der Waals surface area (Å²) in [5, 5.41) is 0.265. The van der Waals surface area contributed by atoms with Crippen LogP contribution in [-0.4, -0.2) is 25.5 Å². The highest BCUT2D eigenvalue weighted by molar-refractivity contribution is 14.1. The average Bonchev–Trinajstić information content (AvgIpc) is 2.43. The van der Waals surface area contributed by atoms with Gasteiger partial charge in [0.15, 0.2) is 8.32 Å². The van der Waals surface area contributed by atoms with Crippen molar-refractivity contribution in [2.75, 3.05) is 11.0 Å². The van der Waals surface area contributed by atoms with E-state index in [1.165, 1.54) is 5.56 Å². The average molecular weight is 434 g/mol. The van der Waals surface area contributed by atoms with Crippen LogP contribution >= 0.6 is 22.6 Å². The molecule has 0 saturated heterocycles. The molecule has 1 atom stereocenters. The molecule has 0 unspecified atom stereocenters. The number of hydrogen-bond donors (Lipinski definition) is 0. The Labute approximate surface area is 151 Å². The van der Waals surface area contributed by atoms with Crippen molar-refractivity contribution >= 4 is 30.9 Å². The normalized spacial score (nSPS) is 14.1. The van der Waals surface area contributed by atoms with Crippen LogP contribution in [0.4, 0.5) is 0 Å². The highest BCUT2D eigenvalue weighted by Gasteiger charge is 2.38.